The van der Waals surface area contributed by atoms with Gasteiger partial charge in [-0.3, -0.25) is 4.79 Å². The molecule has 6 nitrogen and oxygen atoms in total. The number of rotatable bonds is 5. The van der Waals surface area contributed by atoms with Crippen molar-refractivity contribution in [3.63, 3.8) is 0 Å². The Morgan fingerprint density at radius 2 is 1.94 bits per heavy atom. The molecule has 0 spiro atoms. The molecule has 1 N–H and O–H groups in total. The van der Waals surface area contributed by atoms with Gasteiger partial charge in [-0.15, -0.1) is 0 Å². The molecule has 1 amide bonds. The molecule has 1 rings (SSSR count). The Bertz CT molecular complexity index is 381. The molecule has 1 atom stereocenters. The minimum atomic E-state index is -2.97. The van der Waals surface area contributed by atoms with Crippen molar-refractivity contribution in [3.8, 4) is 0 Å². The molecule has 0 bridgehead atoms. The number of amides is 1. The van der Waals surface area contributed by atoms with Crippen molar-refractivity contribution in [1.29, 1.82) is 0 Å². The molecule has 106 valence electrons. The first-order chi connectivity index (χ1) is 8.30. The monoisotopic (exact) mass is 277 g/mol. The molecule has 1 heterocycles. The average Bonchev–Trinajstić information content (AvgIpc) is 2.24. The van der Waals surface area contributed by atoms with Gasteiger partial charge in [-0.25, -0.2) is 8.42 Å². The van der Waals surface area contributed by atoms with E-state index in [1.807, 2.05) is 19.0 Å². The normalized spacial score (nSPS) is 23.0. The summed E-state index contributed by atoms with van der Waals surface area (Å²) in [6, 6.07) is -0.238. The number of carbonyl (C=O) groups is 1. The predicted molar refractivity (Wildman–Crippen MR) is 71.3 cm³/mol. The number of nitrogens with one attached hydrogen (secondary N) is 1. The fraction of sp³-hybridized carbons (Fsp3) is 0.909. The van der Waals surface area contributed by atoms with Crippen LogP contribution in [0.1, 0.15) is 6.42 Å². The van der Waals surface area contributed by atoms with E-state index in [0.29, 0.717) is 13.1 Å². The molecule has 7 heteroatoms. The molecule has 0 aromatic heterocycles. The van der Waals surface area contributed by atoms with Crippen molar-refractivity contribution in [2.24, 2.45) is 0 Å². The van der Waals surface area contributed by atoms with Crippen LogP contribution in [0.15, 0.2) is 0 Å². The van der Waals surface area contributed by atoms with Gasteiger partial charge in [0, 0.05) is 39.1 Å². The number of carbonyl (C=O) groups excluding carboxylic acids is 1. The summed E-state index contributed by atoms with van der Waals surface area (Å²) in [5, 5.41) is 3.09. The summed E-state index contributed by atoms with van der Waals surface area (Å²) in [6.07, 6.45) is 0.253. The van der Waals surface area contributed by atoms with Crippen LogP contribution in [-0.2, 0) is 14.6 Å². The summed E-state index contributed by atoms with van der Waals surface area (Å²) >= 11 is 0. The molecular formula is C11H23N3O3S. The molecular weight excluding hydrogens is 254 g/mol. The Hall–Kier alpha value is -0.660. The van der Waals surface area contributed by atoms with Gasteiger partial charge in [0.1, 0.15) is 0 Å². The Labute approximate surface area is 109 Å². The highest BCUT2D eigenvalue weighted by Gasteiger charge is 2.26. The van der Waals surface area contributed by atoms with E-state index in [-0.39, 0.29) is 29.9 Å². The Kier molecular flexibility index (Phi) is 5.55. The smallest absolute Gasteiger partial charge is 0.223 e. The van der Waals surface area contributed by atoms with E-state index in [0.717, 1.165) is 6.54 Å². The molecule has 1 aliphatic heterocycles. The van der Waals surface area contributed by atoms with Gasteiger partial charge in [0.05, 0.1) is 11.5 Å². The summed E-state index contributed by atoms with van der Waals surface area (Å²) in [7, 11) is 2.69. The topological polar surface area (TPSA) is 69.7 Å². The molecule has 0 aliphatic carbocycles. The summed E-state index contributed by atoms with van der Waals surface area (Å²) in [6.45, 7) is 1.91. The van der Waals surface area contributed by atoms with Gasteiger partial charge in [-0.1, -0.05) is 0 Å². The van der Waals surface area contributed by atoms with E-state index in [4.69, 9.17) is 0 Å². The third-order valence-electron chi connectivity index (χ3n) is 3.03. The van der Waals surface area contributed by atoms with Gasteiger partial charge < -0.3 is 15.1 Å². The maximum atomic E-state index is 11.9. The van der Waals surface area contributed by atoms with E-state index in [1.165, 1.54) is 0 Å². The lowest BCUT2D eigenvalue weighted by atomic mass is 10.2. The second-order valence-corrected chi connectivity index (χ2v) is 7.32. The third-order valence-corrected chi connectivity index (χ3v) is 4.77. The van der Waals surface area contributed by atoms with Gasteiger partial charge in [0.15, 0.2) is 9.84 Å². The summed E-state index contributed by atoms with van der Waals surface area (Å²) in [5.41, 5.74) is 0. The van der Waals surface area contributed by atoms with Crippen LogP contribution in [0.3, 0.4) is 0 Å². The highest BCUT2D eigenvalue weighted by Crippen LogP contribution is 2.06. The van der Waals surface area contributed by atoms with E-state index in [2.05, 4.69) is 5.32 Å². The standard InChI is InChI=1S/C11H23N3O3S/c1-13(2)5-6-14(3)11(15)8-10-9-18(16,17)7-4-12-10/h10,12H,4-9H2,1-3H3. The number of sulfone groups is 1. The molecule has 18 heavy (non-hydrogen) atoms. The minimum Gasteiger partial charge on any atom is -0.344 e. The zero-order valence-electron chi connectivity index (χ0n) is 11.3. The van der Waals surface area contributed by atoms with Gasteiger partial charge >= 0.3 is 0 Å². The lowest BCUT2D eigenvalue weighted by Crippen LogP contribution is -2.47. The molecule has 1 fully saturated rings. The van der Waals surface area contributed by atoms with Crippen molar-refractivity contribution in [2.45, 2.75) is 12.5 Å². The average molecular weight is 277 g/mol. The minimum absolute atomic E-state index is 0.00792. The van der Waals surface area contributed by atoms with Crippen LogP contribution in [0.25, 0.3) is 0 Å². The molecule has 0 aromatic carbocycles. The Balaban J connectivity index is 2.39. The predicted octanol–water partition coefficient (Wildman–Crippen LogP) is -1.22. The van der Waals surface area contributed by atoms with Crippen LogP contribution < -0.4 is 5.32 Å². The zero-order chi connectivity index (χ0) is 13.8. The SMILES string of the molecule is CN(C)CCN(C)C(=O)CC1CS(=O)(=O)CCN1. The second kappa shape index (κ2) is 6.49. The molecule has 1 aliphatic rings. The Morgan fingerprint density at radius 1 is 1.28 bits per heavy atom. The molecule has 0 aromatic rings. The third kappa shape index (κ3) is 5.32. The second-order valence-electron chi connectivity index (χ2n) is 5.09. The van der Waals surface area contributed by atoms with Crippen molar-refractivity contribution in [1.82, 2.24) is 15.1 Å². The lowest BCUT2D eigenvalue weighted by Gasteiger charge is -2.26. The fourth-order valence-corrected chi connectivity index (χ4v) is 3.28. The van der Waals surface area contributed by atoms with Crippen LogP contribution >= 0.6 is 0 Å². The van der Waals surface area contributed by atoms with E-state index < -0.39 is 9.84 Å². The number of nitrogens with zero attached hydrogens (tertiary/aromatic N) is 2. The number of likely N-dealkylation sites (N-methyl/N-ethyl adjacent to an activating group) is 2. The van der Waals surface area contributed by atoms with Crippen LogP contribution in [0.2, 0.25) is 0 Å². The van der Waals surface area contributed by atoms with Crippen molar-refractivity contribution < 1.29 is 13.2 Å². The summed E-state index contributed by atoms with van der Waals surface area (Å²) < 4.78 is 22.9. The van der Waals surface area contributed by atoms with Gasteiger partial charge in [-0.2, -0.15) is 0 Å². The molecule has 0 radical (unpaired) electrons. The van der Waals surface area contributed by atoms with Crippen LogP contribution in [0, 0.1) is 0 Å². The van der Waals surface area contributed by atoms with E-state index in [9.17, 15) is 13.2 Å². The highest BCUT2D eigenvalue weighted by molar-refractivity contribution is 7.91. The Morgan fingerprint density at radius 3 is 2.50 bits per heavy atom. The number of hydrogen-bond donors (Lipinski definition) is 1. The fourth-order valence-electron chi connectivity index (χ4n) is 1.84. The van der Waals surface area contributed by atoms with Gasteiger partial charge in [0.25, 0.3) is 0 Å². The van der Waals surface area contributed by atoms with E-state index >= 15 is 0 Å². The van der Waals surface area contributed by atoms with Crippen LogP contribution in [0.5, 0.6) is 0 Å². The van der Waals surface area contributed by atoms with Crippen molar-refractivity contribution in [2.75, 3.05) is 52.3 Å². The highest BCUT2D eigenvalue weighted by atomic mass is 32.2. The van der Waals surface area contributed by atoms with Crippen LogP contribution in [0.4, 0.5) is 0 Å². The quantitative estimate of drug-likeness (QED) is 0.682. The summed E-state index contributed by atoms with van der Waals surface area (Å²) in [5.74, 6) is 0.237. The van der Waals surface area contributed by atoms with Crippen molar-refractivity contribution >= 4 is 15.7 Å². The molecule has 0 saturated carbocycles. The summed E-state index contributed by atoms with van der Waals surface area (Å²) in [4.78, 5) is 15.6. The van der Waals surface area contributed by atoms with Gasteiger partial charge in [-0.05, 0) is 14.1 Å². The first kappa shape index (κ1) is 15.4. The first-order valence-electron chi connectivity index (χ1n) is 6.12. The largest absolute Gasteiger partial charge is 0.344 e. The van der Waals surface area contributed by atoms with Crippen LogP contribution in [-0.4, -0.2) is 82.4 Å². The number of hydrogen-bond acceptors (Lipinski definition) is 5. The molecule has 1 unspecified atom stereocenters. The maximum absolute atomic E-state index is 11.9. The lowest BCUT2D eigenvalue weighted by molar-refractivity contribution is -0.130. The first-order valence-corrected chi connectivity index (χ1v) is 7.95. The van der Waals surface area contributed by atoms with Gasteiger partial charge in [0.2, 0.25) is 5.91 Å². The molecule has 1 saturated heterocycles. The zero-order valence-corrected chi connectivity index (χ0v) is 12.2. The van der Waals surface area contributed by atoms with E-state index in [1.54, 1.807) is 11.9 Å². The van der Waals surface area contributed by atoms with Crippen molar-refractivity contribution in [3.05, 3.63) is 0 Å². The maximum Gasteiger partial charge on any atom is 0.223 e.